The number of carbonyl (C=O) groups excluding carboxylic acids is 4. The first-order valence-corrected chi connectivity index (χ1v) is 9.64. The van der Waals surface area contributed by atoms with Gasteiger partial charge in [-0.2, -0.15) is 0 Å². The minimum absolute atomic E-state index is 0. The van der Waals surface area contributed by atoms with Crippen molar-refractivity contribution >= 4 is 46.9 Å². The summed E-state index contributed by atoms with van der Waals surface area (Å²) in [5.41, 5.74) is 0.0296. The van der Waals surface area contributed by atoms with Crippen LogP contribution in [0, 0.1) is 0 Å². The van der Waals surface area contributed by atoms with Crippen LogP contribution in [0.15, 0.2) is 28.8 Å². The molecule has 1 N–H and O–H groups in total. The molecule has 27 heavy (non-hydrogen) atoms. The maximum absolute atomic E-state index is 12.4. The molecule has 1 fully saturated rings. The van der Waals surface area contributed by atoms with Gasteiger partial charge in [0.2, 0.25) is 5.91 Å². The van der Waals surface area contributed by atoms with Crippen molar-refractivity contribution in [2.24, 2.45) is 0 Å². The van der Waals surface area contributed by atoms with Crippen molar-refractivity contribution in [2.75, 3.05) is 12.4 Å². The molecule has 8 nitrogen and oxygen atoms in total. The van der Waals surface area contributed by atoms with E-state index in [-0.39, 0.29) is 59.9 Å². The first-order valence-electron chi connectivity index (χ1n) is 7.71. The molecule has 0 saturated carbocycles. The van der Waals surface area contributed by atoms with Crippen LogP contribution in [0.2, 0.25) is 0 Å². The van der Waals surface area contributed by atoms with E-state index in [0.29, 0.717) is 5.57 Å². The SMILES string of the molecule is CC(=O)OCC1=C(C(=O)[O-])N2C(=O)C(NC(=O)Cc3cccs3)[C@@H]2SC1.[Na+]. The summed E-state index contributed by atoms with van der Waals surface area (Å²) in [4.78, 5) is 48.9. The standard InChI is InChI=1S/C16H16N2O6S2.Na/c1-8(19)24-6-9-7-26-15-12(14(21)18(15)13(9)16(22)23)17-11(20)5-10-3-2-4-25-10;/h2-4,12,15H,5-7H2,1H3,(H,17,20)(H,22,23);/q;+1/p-1/t12?,15-;/m0./s1. The summed E-state index contributed by atoms with van der Waals surface area (Å²) in [6.45, 7) is 1.00. The van der Waals surface area contributed by atoms with Gasteiger partial charge in [0.15, 0.2) is 0 Å². The number of hydrogen-bond acceptors (Lipinski definition) is 8. The number of esters is 1. The molecular formula is C16H15N2NaO6S2. The number of thiophene rings is 1. The summed E-state index contributed by atoms with van der Waals surface area (Å²) >= 11 is 2.75. The van der Waals surface area contributed by atoms with E-state index in [2.05, 4.69) is 5.32 Å². The van der Waals surface area contributed by atoms with Gasteiger partial charge in [0.25, 0.3) is 5.91 Å². The number of fused-ring (bicyclic) bond motifs is 1. The van der Waals surface area contributed by atoms with Gasteiger partial charge in [0.05, 0.1) is 18.1 Å². The van der Waals surface area contributed by atoms with Crippen LogP contribution in [0.3, 0.4) is 0 Å². The quantitative estimate of drug-likeness (QED) is 0.287. The maximum Gasteiger partial charge on any atom is 1.00 e. The van der Waals surface area contributed by atoms with E-state index in [1.165, 1.54) is 30.0 Å². The second kappa shape index (κ2) is 9.24. The smallest absolute Gasteiger partial charge is 0.543 e. The largest absolute Gasteiger partial charge is 1.00 e. The molecule has 3 rings (SSSR count). The van der Waals surface area contributed by atoms with Gasteiger partial charge in [-0.3, -0.25) is 19.3 Å². The van der Waals surface area contributed by atoms with Gasteiger partial charge in [0, 0.05) is 23.1 Å². The predicted octanol–water partition coefficient (Wildman–Crippen LogP) is -3.74. The molecule has 2 amide bonds. The Labute approximate surface area is 185 Å². The van der Waals surface area contributed by atoms with E-state index in [0.717, 1.165) is 9.78 Å². The summed E-state index contributed by atoms with van der Waals surface area (Å²) in [6.07, 6.45) is 0.166. The molecule has 0 aliphatic carbocycles. The number of nitrogens with one attached hydrogen (secondary N) is 1. The van der Waals surface area contributed by atoms with Crippen LogP contribution in [0.5, 0.6) is 0 Å². The predicted molar refractivity (Wildman–Crippen MR) is 91.7 cm³/mol. The molecule has 11 heteroatoms. The summed E-state index contributed by atoms with van der Waals surface area (Å²) in [5, 5.41) is 15.5. The Morgan fingerprint density at radius 2 is 2.15 bits per heavy atom. The Kier molecular flexibility index (Phi) is 7.52. The number of thioether (sulfide) groups is 1. The second-order valence-electron chi connectivity index (χ2n) is 5.73. The zero-order valence-corrected chi connectivity index (χ0v) is 18.4. The van der Waals surface area contributed by atoms with E-state index >= 15 is 0 Å². The van der Waals surface area contributed by atoms with Gasteiger partial charge in [-0.05, 0) is 11.4 Å². The summed E-state index contributed by atoms with van der Waals surface area (Å²) in [5.74, 6) is -2.59. The minimum atomic E-state index is -1.51. The molecule has 3 heterocycles. The summed E-state index contributed by atoms with van der Waals surface area (Å²) < 4.78 is 4.85. The van der Waals surface area contributed by atoms with Crippen molar-refractivity contribution < 1.29 is 58.6 Å². The molecule has 0 aromatic carbocycles. The van der Waals surface area contributed by atoms with Gasteiger partial charge in [-0.1, -0.05) is 6.07 Å². The monoisotopic (exact) mass is 418 g/mol. The molecule has 1 aromatic rings. The minimum Gasteiger partial charge on any atom is -0.543 e. The summed E-state index contributed by atoms with van der Waals surface area (Å²) in [7, 11) is 0. The number of hydrogen-bond donors (Lipinski definition) is 1. The number of carboxylic acids is 1. The van der Waals surface area contributed by atoms with Crippen molar-refractivity contribution in [1.82, 2.24) is 10.2 Å². The number of nitrogens with zero attached hydrogens (tertiary/aromatic N) is 1. The topological polar surface area (TPSA) is 116 Å². The number of aliphatic carboxylic acids is 1. The van der Waals surface area contributed by atoms with Gasteiger partial charge >= 0.3 is 35.5 Å². The zero-order valence-electron chi connectivity index (χ0n) is 14.7. The molecule has 1 unspecified atom stereocenters. The average molecular weight is 418 g/mol. The van der Waals surface area contributed by atoms with Crippen molar-refractivity contribution in [3.8, 4) is 0 Å². The second-order valence-corrected chi connectivity index (χ2v) is 7.87. The van der Waals surface area contributed by atoms with Crippen LogP contribution in [0.4, 0.5) is 0 Å². The Bertz CT molecular complexity index is 795. The Hall–Kier alpha value is -1.33. The van der Waals surface area contributed by atoms with Crippen molar-refractivity contribution in [1.29, 1.82) is 0 Å². The van der Waals surface area contributed by atoms with Gasteiger partial charge in [-0.15, -0.1) is 23.1 Å². The van der Waals surface area contributed by atoms with E-state index in [1.807, 2.05) is 17.5 Å². The first-order chi connectivity index (χ1) is 12.4. The maximum atomic E-state index is 12.4. The third-order valence-corrected chi connectivity index (χ3v) is 6.14. The first kappa shape index (κ1) is 22.0. The number of amides is 2. The van der Waals surface area contributed by atoms with Crippen molar-refractivity contribution in [3.05, 3.63) is 33.7 Å². The molecule has 2 aliphatic rings. The van der Waals surface area contributed by atoms with Crippen LogP contribution in [-0.2, 0) is 30.3 Å². The fraction of sp³-hybridized carbons (Fsp3) is 0.375. The Morgan fingerprint density at radius 3 is 2.74 bits per heavy atom. The Balaban J connectivity index is 0.00000261. The fourth-order valence-corrected chi connectivity index (χ4v) is 4.80. The molecular weight excluding hydrogens is 403 g/mol. The number of carbonyl (C=O) groups is 4. The third-order valence-electron chi connectivity index (χ3n) is 3.92. The molecule has 138 valence electrons. The number of rotatable bonds is 6. The number of carboxylic acid groups (broad SMARTS) is 1. The molecule has 0 bridgehead atoms. The molecule has 2 aliphatic heterocycles. The van der Waals surface area contributed by atoms with E-state index < -0.39 is 29.3 Å². The van der Waals surface area contributed by atoms with Crippen LogP contribution in [0.1, 0.15) is 11.8 Å². The van der Waals surface area contributed by atoms with Gasteiger partial charge < -0.3 is 20.0 Å². The molecule has 1 saturated heterocycles. The van der Waals surface area contributed by atoms with E-state index in [1.54, 1.807) is 0 Å². The molecule has 0 radical (unpaired) electrons. The van der Waals surface area contributed by atoms with Crippen LogP contribution >= 0.6 is 23.1 Å². The normalized spacial score (nSPS) is 20.9. The van der Waals surface area contributed by atoms with Crippen molar-refractivity contribution in [3.63, 3.8) is 0 Å². The molecule has 2 atom stereocenters. The van der Waals surface area contributed by atoms with Crippen LogP contribution in [-0.4, -0.2) is 52.4 Å². The van der Waals surface area contributed by atoms with Crippen LogP contribution in [0.25, 0.3) is 0 Å². The van der Waals surface area contributed by atoms with Gasteiger partial charge in [-0.25, -0.2) is 0 Å². The van der Waals surface area contributed by atoms with Crippen molar-refractivity contribution in [2.45, 2.75) is 24.8 Å². The van der Waals surface area contributed by atoms with Gasteiger partial charge in [0.1, 0.15) is 18.0 Å². The van der Waals surface area contributed by atoms with E-state index in [9.17, 15) is 24.3 Å². The molecule has 0 spiro atoms. The van der Waals surface area contributed by atoms with Crippen LogP contribution < -0.4 is 40.0 Å². The fourth-order valence-electron chi connectivity index (χ4n) is 2.77. The number of ether oxygens (including phenoxy) is 1. The third kappa shape index (κ3) is 4.75. The van der Waals surface area contributed by atoms with E-state index in [4.69, 9.17) is 4.74 Å². The average Bonchev–Trinajstić information content (AvgIpc) is 3.09. The Morgan fingerprint density at radius 1 is 1.41 bits per heavy atom. The zero-order chi connectivity index (χ0) is 18.8. The number of β-lactam (4-membered cyclic amide) rings is 1. The molecule has 1 aromatic heterocycles. The summed E-state index contributed by atoms with van der Waals surface area (Å²) in [6, 6.07) is 2.88.